The highest BCUT2D eigenvalue weighted by atomic mass is 35.5. The molecule has 0 aliphatic rings. The van der Waals surface area contributed by atoms with Crippen LogP contribution in [0.5, 0.6) is 0 Å². The summed E-state index contributed by atoms with van der Waals surface area (Å²) in [6, 6.07) is 7.61. The predicted molar refractivity (Wildman–Crippen MR) is 72.4 cm³/mol. The lowest BCUT2D eigenvalue weighted by atomic mass is 10.1. The third kappa shape index (κ3) is 2.08. The predicted octanol–water partition coefficient (Wildman–Crippen LogP) is 2.39. The van der Waals surface area contributed by atoms with E-state index < -0.39 is 0 Å². The summed E-state index contributed by atoms with van der Waals surface area (Å²) in [4.78, 5) is 2.01. The zero-order valence-electron chi connectivity index (χ0n) is 10.1. The lowest BCUT2D eigenvalue weighted by molar-refractivity contribution is 0.782. The molecule has 0 fully saturated rings. The largest absolute Gasteiger partial charge is 0.384 e. The third-order valence-corrected chi connectivity index (χ3v) is 2.96. The van der Waals surface area contributed by atoms with E-state index in [1.54, 1.807) is 4.68 Å². The molecule has 1 heterocycles. The molecule has 5 heteroatoms. The van der Waals surface area contributed by atoms with Crippen molar-refractivity contribution in [2.45, 2.75) is 0 Å². The van der Waals surface area contributed by atoms with E-state index in [1.807, 2.05) is 50.3 Å². The zero-order valence-corrected chi connectivity index (χ0v) is 10.9. The molecular formula is C12H15ClN4. The van der Waals surface area contributed by atoms with Crippen molar-refractivity contribution in [3.05, 3.63) is 29.3 Å². The molecule has 0 saturated carbocycles. The van der Waals surface area contributed by atoms with Crippen LogP contribution in [-0.2, 0) is 7.05 Å². The summed E-state index contributed by atoms with van der Waals surface area (Å²) in [7, 11) is 5.76. The van der Waals surface area contributed by atoms with Gasteiger partial charge < -0.3 is 10.6 Å². The van der Waals surface area contributed by atoms with Crippen LogP contribution in [0.1, 0.15) is 0 Å². The first-order chi connectivity index (χ1) is 8.00. The van der Waals surface area contributed by atoms with E-state index in [1.165, 1.54) is 0 Å². The normalized spacial score (nSPS) is 10.6. The van der Waals surface area contributed by atoms with Gasteiger partial charge in [0.05, 0.1) is 10.7 Å². The van der Waals surface area contributed by atoms with Crippen LogP contribution >= 0.6 is 11.6 Å². The van der Waals surface area contributed by atoms with Crippen LogP contribution < -0.4 is 10.6 Å². The van der Waals surface area contributed by atoms with E-state index in [-0.39, 0.29) is 0 Å². The number of rotatable bonds is 2. The van der Waals surface area contributed by atoms with Gasteiger partial charge in [-0.1, -0.05) is 17.7 Å². The fourth-order valence-electron chi connectivity index (χ4n) is 1.74. The highest BCUT2D eigenvalue weighted by Crippen LogP contribution is 2.35. The minimum atomic E-state index is 0.615. The Morgan fingerprint density at radius 2 is 2.06 bits per heavy atom. The standard InChI is InChI=1S/C12H15ClN4/c1-16(2)10-6-4-5-8(13)12(10)9-7-11(14)17(3)15-9/h4-7H,14H2,1-3H3. The summed E-state index contributed by atoms with van der Waals surface area (Å²) >= 11 is 6.25. The molecule has 0 amide bonds. The van der Waals surface area contributed by atoms with Crippen molar-refractivity contribution in [3.8, 4) is 11.3 Å². The molecule has 1 aromatic heterocycles. The van der Waals surface area contributed by atoms with Crippen molar-refractivity contribution < 1.29 is 0 Å². The van der Waals surface area contributed by atoms with Crippen LogP contribution in [0.2, 0.25) is 5.02 Å². The molecule has 0 aliphatic carbocycles. The highest BCUT2D eigenvalue weighted by molar-refractivity contribution is 6.34. The van der Waals surface area contributed by atoms with Crippen LogP contribution in [0.25, 0.3) is 11.3 Å². The summed E-state index contributed by atoms with van der Waals surface area (Å²) < 4.78 is 1.64. The number of benzene rings is 1. The van der Waals surface area contributed by atoms with Gasteiger partial charge in [-0.05, 0) is 12.1 Å². The lowest BCUT2D eigenvalue weighted by Gasteiger charge is -2.17. The number of hydrogen-bond acceptors (Lipinski definition) is 3. The Morgan fingerprint density at radius 1 is 1.35 bits per heavy atom. The molecule has 4 nitrogen and oxygen atoms in total. The first-order valence-electron chi connectivity index (χ1n) is 5.26. The average molecular weight is 251 g/mol. The fraction of sp³-hybridized carbons (Fsp3) is 0.250. The number of aromatic nitrogens is 2. The van der Waals surface area contributed by atoms with Crippen LogP contribution in [-0.4, -0.2) is 23.9 Å². The minimum absolute atomic E-state index is 0.615. The molecule has 0 atom stereocenters. The van der Waals surface area contributed by atoms with Gasteiger partial charge >= 0.3 is 0 Å². The smallest absolute Gasteiger partial charge is 0.121 e. The van der Waals surface area contributed by atoms with Gasteiger partial charge in [0.1, 0.15) is 5.82 Å². The highest BCUT2D eigenvalue weighted by Gasteiger charge is 2.14. The number of aryl methyl sites for hydroxylation is 1. The van der Waals surface area contributed by atoms with Crippen LogP contribution in [0.4, 0.5) is 11.5 Å². The molecule has 2 N–H and O–H groups in total. The molecule has 0 saturated heterocycles. The van der Waals surface area contributed by atoms with Crippen molar-refractivity contribution >= 4 is 23.1 Å². The van der Waals surface area contributed by atoms with E-state index in [4.69, 9.17) is 17.3 Å². The molecule has 0 unspecified atom stereocenters. The van der Waals surface area contributed by atoms with Gasteiger partial charge in [-0.15, -0.1) is 0 Å². The van der Waals surface area contributed by atoms with Crippen molar-refractivity contribution in [1.82, 2.24) is 9.78 Å². The molecule has 2 rings (SSSR count). The van der Waals surface area contributed by atoms with Crippen molar-refractivity contribution in [3.63, 3.8) is 0 Å². The Morgan fingerprint density at radius 3 is 2.59 bits per heavy atom. The summed E-state index contributed by atoms with van der Waals surface area (Å²) in [6.45, 7) is 0. The molecule has 0 spiro atoms. The molecule has 0 aliphatic heterocycles. The fourth-order valence-corrected chi connectivity index (χ4v) is 2.01. The van der Waals surface area contributed by atoms with Crippen molar-refractivity contribution in [2.75, 3.05) is 24.7 Å². The second-order valence-electron chi connectivity index (χ2n) is 4.11. The monoisotopic (exact) mass is 250 g/mol. The van der Waals surface area contributed by atoms with E-state index in [9.17, 15) is 0 Å². The summed E-state index contributed by atoms with van der Waals surface area (Å²) in [5.41, 5.74) is 8.52. The van der Waals surface area contributed by atoms with Gasteiger partial charge in [0.15, 0.2) is 0 Å². The van der Waals surface area contributed by atoms with E-state index in [0.29, 0.717) is 10.8 Å². The van der Waals surface area contributed by atoms with Gasteiger partial charge in [0.25, 0.3) is 0 Å². The molecule has 2 aromatic rings. The second kappa shape index (κ2) is 4.30. The Bertz CT molecular complexity index is 526. The number of anilines is 2. The first kappa shape index (κ1) is 11.8. The van der Waals surface area contributed by atoms with Crippen molar-refractivity contribution in [1.29, 1.82) is 0 Å². The van der Waals surface area contributed by atoms with Gasteiger partial charge in [-0.3, -0.25) is 4.68 Å². The van der Waals surface area contributed by atoms with E-state index in [2.05, 4.69) is 5.10 Å². The first-order valence-corrected chi connectivity index (χ1v) is 5.64. The van der Waals surface area contributed by atoms with E-state index >= 15 is 0 Å². The number of nitrogen functional groups attached to an aromatic ring is 1. The second-order valence-corrected chi connectivity index (χ2v) is 4.51. The molecule has 17 heavy (non-hydrogen) atoms. The molecule has 1 aromatic carbocycles. The molecule has 90 valence electrons. The van der Waals surface area contributed by atoms with Gasteiger partial charge in [0, 0.05) is 38.5 Å². The molecular weight excluding hydrogens is 236 g/mol. The number of nitrogens with two attached hydrogens (primary N) is 1. The van der Waals surface area contributed by atoms with Crippen LogP contribution in [0.15, 0.2) is 24.3 Å². The number of nitrogens with zero attached hydrogens (tertiary/aromatic N) is 3. The summed E-state index contributed by atoms with van der Waals surface area (Å²) in [5, 5.41) is 5.04. The average Bonchev–Trinajstić information content (AvgIpc) is 2.58. The van der Waals surface area contributed by atoms with Crippen molar-refractivity contribution in [2.24, 2.45) is 7.05 Å². The minimum Gasteiger partial charge on any atom is -0.384 e. The topological polar surface area (TPSA) is 47.1 Å². The van der Waals surface area contributed by atoms with Crippen LogP contribution in [0, 0.1) is 0 Å². The SMILES string of the molecule is CN(C)c1cccc(Cl)c1-c1cc(N)n(C)n1. The van der Waals surface area contributed by atoms with Gasteiger partial charge in [-0.2, -0.15) is 5.10 Å². The van der Waals surface area contributed by atoms with Gasteiger partial charge in [0.2, 0.25) is 0 Å². The quantitative estimate of drug-likeness (QED) is 0.890. The van der Waals surface area contributed by atoms with E-state index in [0.717, 1.165) is 16.9 Å². The number of halogens is 1. The zero-order chi connectivity index (χ0) is 12.6. The van der Waals surface area contributed by atoms with Crippen LogP contribution in [0.3, 0.4) is 0 Å². The maximum Gasteiger partial charge on any atom is 0.121 e. The maximum atomic E-state index is 6.25. The van der Waals surface area contributed by atoms with Gasteiger partial charge in [-0.25, -0.2) is 0 Å². The lowest BCUT2D eigenvalue weighted by Crippen LogP contribution is -2.10. The third-order valence-electron chi connectivity index (χ3n) is 2.65. The Hall–Kier alpha value is -1.68. The summed E-state index contributed by atoms with van der Waals surface area (Å²) in [5.74, 6) is 0.615. The Kier molecular flexibility index (Phi) is 2.98. The Balaban J connectivity index is 2.65. The molecule has 0 radical (unpaired) electrons. The summed E-state index contributed by atoms with van der Waals surface area (Å²) in [6.07, 6.45) is 0. The maximum absolute atomic E-state index is 6.25. The number of hydrogen-bond donors (Lipinski definition) is 1. The molecule has 0 bridgehead atoms. The Labute approximate surface area is 106 Å².